The molecule has 1 saturated heterocycles. The Labute approximate surface area is 183 Å². The van der Waals surface area contributed by atoms with Crippen LogP contribution in [0.4, 0.5) is 5.69 Å². The molecule has 2 heterocycles. The highest BCUT2D eigenvalue weighted by Gasteiger charge is 2.14. The largest absolute Gasteiger partial charge is 0.490 e. The molecule has 2 N–H and O–H groups in total. The summed E-state index contributed by atoms with van der Waals surface area (Å²) in [6.45, 7) is 6.94. The maximum absolute atomic E-state index is 6.17. The Hall–Kier alpha value is -3.02. The van der Waals surface area contributed by atoms with Crippen LogP contribution in [0.15, 0.2) is 66.7 Å². The molecule has 5 nitrogen and oxygen atoms in total. The first kappa shape index (κ1) is 19.9. The summed E-state index contributed by atoms with van der Waals surface area (Å²) >= 11 is 0. The van der Waals surface area contributed by atoms with Crippen LogP contribution in [0.3, 0.4) is 0 Å². The van der Waals surface area contributed by atoms with E-state index in [1.807, 2.05) is 6.07 Å². The number of hydrogen-bond donors (Lipinski definition) is 2. The minimum atomic E-state index is 0.709. The predicted molar refractivity (Wildman–Crippen MR) is 129 cm³/mol. The number of rotatable bonds is 7. The van der Waals surface area contributed by atoms with Gasteiger partial charge in [-0.05, 0) is 36.9 Å². The van der Waals surface area contributed by atoms with Crippen LogP contribution in [0.1, 0.15) is 5.56 Å². The molecule has 0 bridgehead atoms. The molecule has 0 atom stereocenters. The summed E-state index contributed by atoms with van der Waals surface area (Å²) in [5.74, 6) is 0.919. The van der Waals surface area contributed by atoms with Crippen molar-refractivity contribution in [2.24, 2.45) is 0 Å². The molecule has 4 aromatic rings. The molecule has 31 heavy (non-hydrogen) atoms. The summed E-state index contributed by atoms with van der Waals surface area (Å²) in [7, 11) is 2.19. The second kappa shape index (κ2) is 9.00. The van der Waals surface area contributed by atoms with E-state index in [-0.39, 0.29) is 0 Å². The number of nitrogens with one attached hydrogen (secondary N) is 2. The van der Waals surface area contributed by atoms with Gasteiger partial charge in [0.05, 0.1) is 5.69 Å². The third-order valence-corrected chi connectivity index (χ3v) is 6.23. The summed E-state index contributed by atoms with van der Waals surface area (Å²) in [5.41, 5.74) is 4.68. The number of fused-ring (bicyclic) bond motifs is 3. The van der Waals surface area contributed by atoms with Crippen molar-refractivity contribution in [3.05, 3.63) is 72.3 Å². The zero-order valence-corrected chi connectivity index (χ0v) is 18.1. The van der Waals surface area contributed by atoms with Gasteiger partial charge in [-0.2, -0.15) is 0 Å². The highest BCUT2D eigenvalue weighted by atomic mass is 16.5. The van der Waals surface area contributed by atoms with Gasteiger partial charge in [0.25, 0.3) is 0 Å². The van der Waals surface area contributed by atoms with Crippen LogP contribution in [-0.4, -0.2) is 61.2 Å². The molecule has 160 valence electrons. The Bertz CT molecular complexity index is 1160. The van der Waals surface area contributed by atoms with Crippen LogP contribution < -0.4 is 10.1 Å². The van der Waals surface area contributed by atoms with E-state index in [0.717, 1.165) is 50.7 Å². The zero-order valence-electron chi connectivity index (χ0n) is 18.1. The van der Waals surface area contributed by atoms with Crippen LogP contribution in [0.25, 0.3) is 21.8 Å². The van der Waals surface area contributed by atoms with Gasteiger partial charge in [-0.15, -0.1) is 0 Å². The minimum Gasteiger partial charge on any atom is -0.490 e. The maximum atomic E-state index is 6.17. The lowest BCUT2D eigenvalue weighted by atomic mass is 10.1. The average Bonchev–Trinajstić information content (AvgIpc) is 3.19. The van der Waals surface area contributed by atoms with E-state index in [9.17, 15) is 0 Å². The molecule has 5 rings (SSSR count). The van der Waals surface area contributed by atoms with Gasteiger partial charge in [0.15, 0.2) is 0 Å². The van der Waals surface area contributed by atoms with Crippen molar-refractivity contribution in [3.63, 3.8) is 0 Å². The fourth-order valence-corrected chi connectivity index (χ4v) is 4.41. The quantitative estimate of drug-likeness (QED) is 0.465. The Morgan fingerprint density at radius 1 is 0.871 bits per heavy atom. The van der Waals surface area contributed by atoms with Crippen LogP contribution in [-0.2, 0) is 6.54 Å². The standard InChI is InChI=1S/C26H30N4O/c1-29-13-15-30(16-14-29)17-18-31-25-12-5-4-10-23(25)27-19-20-7-6-11-24-26(20)21-8-2-3-9-22(21)28-24/h2-12,27-28H,13-19H2,1H3. The lowest BCUT2D eigenvalue weighted by molar-refractivity contribution is 0.134. The highest BCUT2D eigenvalue weighted by molar-refractivity contribution is 6.08. The minimum absolute atomic E-state index is 0.709. The van der Waals surface area contributed by atoms with Crippen molar-refractivity contribution < 1.29 is 4.74 Å². The van der Waals surface area contributed by atoms with Crippen LogP contribution in [0, 0.1) is 0 Å². The Morgan fingerprint density at radius 2 is 1.65 bits per heavy atom. The summed E-state index contributed by atoms with van der Waals surface area (Å²) in [6.07, 6.45) is 0. The number of aromatic nitrogens is 1. The second-order valence-corrected chi connectivity index (χ2v) is 8.35. The highest BCUT2D eigenvalue weighted by Crippen LogP contribution is 2.30. The Kier molecular flexibility index (Phi) is 5.78. The van der Waals surface area contributed by atoms with Crippen molar-refractivity contribution in [1.29, 1.82) is 0 Å². The van der Waals surface area contributed by atoms with Crippen molar-refractivity contribution in [1.82, 2.24) is 14.8 Å². The lowest BCUT2D eigenvalue weighted by Crippen LogP contribution is -2.45. The first-order valence-electron chi connectivity index (χ1n) is 11.1. The van der Waals surface area contributed by atoms with E-state index >= 15 is 0 Å². The monoisotopic (exact) mass is 414 g/mol. The van der Waals surface area contributed by atoms with E-state index in [1.165, 1.54) is 27.4 Å². The smallest absolute Gasteiger partial charge is 0.142 e. The van der Waals surface area contributed by atoms with E-state index in [1.54, 1.807) is 0 Å². The number of hydrogen-bond acceptors (Lipinski definition) is 4. The average molecular weight is 415 g/mol. The molecular formula is C26H30N4O. The first-order valence-corrected chi connectivity index (χ1v) is 11.1. The third-order valence-electron chi connectivity index (χ3n) is 6.23. The molecule has 0 radical (unpaired) electrons. The third kappa shape index (κ3) is 4.38. The number of nitrogens with zero attached hydrogens (tertiary/aromatic N) is 2. The van der Waals surface area contributed by atoms with Crippen molar-refractivity contribution in [2.45, 2.75) is 6.54 Å². The molecule has 0 saturated carbocycles. The number of ether oxygens (including phenoxy) is 1. The molecular weight excluding hydrogens is 384 g/mol. The number of H-pyrrole nitrogens is 1. The fraction of sp³-hybridized carbons (Fsp3) is 0.308. The van der Waals surface area contributed by atoms with E-state index < -0.39 is 0 Å². The van der Waals surface area contributed by atoms with Crippen molar-refractivity contribution >= 4 is 27.5 Å². The van der Waals surface area contributed by atoms with Gasteiger partial charge in [-0.25, -0.2) is 0 Å². The topological polar surface area (TPSA) is 43.5 Å². The van der Waals surface area contributed by atoms with E-state index in [2.05, 4.69) is 87.8 Å². The predicted octanol–water partition coefficient (Wildman–Crippen LogP) is 4.56. The zero-order chi connectivity index (χ0) is 21.0. The molecule has 3 aromatic carbocycles. The maximum Gasteiger partial charge on any atom is 0.142 e. The van der Waals surface area contributed by atoms with Crippen molar-refractivity contribution in [2.75, 3.05) is 51.7 Å². The van der Waals surface area contributed by atoms with E-state index in [4.69, 9.17) is 4.74 Å². The van der Waals surface area contributed by atoms with Gasteiger partial charge in [0.1, 0.15) is 12.4 Å². The number of piperazine rings is 1. The molecule has 1 aliphatic heterocycles. The molecule has 0 amide bonds. The van der Waals surface area contributed by atoms with Gasteiger partial charge in [-0.3, -0.25) is 4.90 Å². The summed E-state index contributed by atoms with van der Waals surface area (Å²) in [6, 6.07) is 23.2. The van der Waals surface area contributed by atoms with Gasteiger partial charge < -0.3 is 19.9 Å². The summed E-state index contributed by atoms with van der Waals surface area (Å²) in [5, 5.41) is 6.17. The molecule has 5 heteroatoms. The number of para-hydroxylation sites is 3. The van der Waals surface area contributed by atoms with Gasteiger partial charge in [0, 0.05) is 61.1 Å². The van der Waals surface area contributed by atoms with E-state index in [0.29, 0.717) is 6.61 Å². The van der Waals surface area contributed by atoms with Crippen LogP contribution in [0.2, 0.25) is 0 Å². The molecule has 0 unspecified atom stereocenters. The Morgan fingerprint density at radius 3 is 2.55 bits per heavy atom. The molecule has 1 aromatic heterocycles. The fourth-order valence-electron chi connectivity index (χ4n) is 4.41. The van der Waals surface area contributed by atoms with Crippen LogP contribution in [0.5, 0.6) is 5.75 Å². The Balaban J connectivity index is 1.27. The normalized spacial score (nSPS) is 15.5. The SMILES string of the molecule is CN1CCN(CCOc2ccccc2NCc2cccc3[nH]c4ccccc4c23)CC1. The van der Waals surface area contributed by atoms with Gasteiger partial charge in [0.2, 0.25) is 0 Å². The second-order valence-electron chi connectivity index (χ2n) is 8.35. The molecule has 0 spiro atoms. The summed E-state index contributed by atoms with van der Waals surface area (Å²) in [4.78, 5) is 8.39. The summed E-state index contributed by atoms with van der Waals surface area (Å²) < 4.78 is 6.17. The molecule has 1 fully saturated rings. The van der Waals surface area contributed by atoms with Crippen molar-refractivity contribution in [3.8, 4) is 5.75 Å². The number of likely N-dealkylation sites (N-methyl/N-ethyl adjacent to an activating group) is 1. The van der Waals surface area contributed by atoms with Gasteiger partial charge in [-0.1, -0.05) is 42.5 Å². The number of anilines is 1. The lowest BCUT2D eigenvalue weighted by Gasteiger charge is -2.32. The first-order chi connectivity index (χ1) is 15.3. The number of aromatic amines is 1. The van der Waals surface area contributed by atoms with Crippen LogP contribution >= 0.6 is 0 Å². The molecule has 1 aliphatic rings. The van der Waals surface area contributed by atoms with Gasteiger partial charge >= 0.3 is 0 Å². The molecule has 0 aliphatic carbocycles. The number of benzene rings is 3.